The Morgan fingerprint density at radius 2 is 1.88 bits per heavy atom. The van der Waals surface area contributed by atoms with Crippen LogP contribution < -0.4 is 0 Å². The molecule has 3 heterocycles. The molecule has 0 unspecified atom stereocenters. The maximum Gasteiger partial charge on any atom is 0.164 e. The molecule has 0 saturated carbocycles. The van der Waals surface area contributed by atoms with Gasteiger partial charge in [-0.2, -0.15) is 0 Å². The number of allylic oxidation sites excluding steroid dienone is 4. The van der Waals surface area contributed by atoms with Gasteiger partial charge in [-0.1, -0.05) is 23.8 Å². The molecule has 1 spiro atoms. The van der Waals surface area contributed by atoms with Gasteiger partial charge in [0.25, 0.3) is 0 Å². The van der Waals surface area contributed by atoms with Crippen LogP contribution in [0.25, 0.3) is 27.7 Å². The molecule has 0 atom stereocenters. The number of pyridine rings is 1. The quantitative estimate of drug-likeness (QED) is 0.512. The fourth-order valence-corrected chi connectivity index (χ4v) is 6.31. The number of carbonyl (C=O) groups is 1. The summed E-state index contributed by atoms with van der Waals surface area (Å²) in [6.45, 7) is 6.56. The first kappa shape index (κ1) is 20.6. The van der Waals surface area contributed by atoms with E-state index in [1.165, 1.54) is 39.0 Å². The Labute approximate surface area is 195 Å². The van der Waals surface area contributed by atoms with Crippen molar-refractivity contribution in [1.29, 1.82) is 0 Å². The molecule has 1 aromatic carbocycles. The summed E-state index contributed by atoms with van der Waals surface area (Å²) >= 11 is 0. The van der Waals surface area contributed by atoms with Crippen molar-refractivity contribution in [2.24, 2.45) is 0 Å². The number of piperidine rings is 1. The summed E-state index contributed by atoms with van der Waals surface area (Å²) in [7, 11) is 2.18. The molecular weight excluding hydrogens is 406 g/mol. The topological polar surface area (TPSA) is 49.0 Å². The minimum atomic E-state index is 0.0103. The number of likely N-dealkylation sites (tertiary alicyclic amines) is 1. The Hall–Kier alpha value is -2.98. The number of H-pyrrole nitrogens is 1. The highest BCUT2D eigenvalue weighted by molar-refractivity contribution is 6.04. The van der Waals surface area contributed by atoms with Gasteiger partial charge in [-0.15, -0.1) is 0 Å². The van der Waals surface area contributed by atoms with Crippen LogP contribution in [0.5, 0.6) is 0 Å². The number of aromatic nitrogens is 2. The van der Waals surface area contributed by atoms with E-state index in [9.17, 15) is 4.79 Å². The number of ketones is 1. The Balaban J connectivity index is 1.46. The molecular formula is C29H31N3O. The van der Waals surface area contributed by atoms with Gasteiger partial charge in [0.1, 0.15) is 5.65 Å². The number of fused-ring (bicyclic) bond motifs is 3. The van der Waals surface area contributed by atoms with Crippen LogP contribution in [0.3, 0.4) is 0 Å². The lowest BCUT2D eigenvalue weighted by atomic mass is 9.73. The van der Waals surface area contributed by atoms with Gasteiger partial charge in [0, 0.05) is 46.3 Å². The van der Waals surface area contributed by atoms with Crippen LogP contribution in [0.15, 0.2) is 53.9 Å². The van der Waals surface area contributed by atoms with E-state index in [1.54, 1.807) is 0 Å². The van der Waals surface area contributed by atoms with Crippen LogP contribution in [-0.2, 0) is 5.41 Å². The van der Waals surface area contributed by atoms with E-state index in [0.717, 1.165) is 55.4 Å². The average molecular weight is 438 g/mol. The van der Waals surface area contributed by atoms with Crippen molar-refractivity contribution >= 4 is 22.4 Å². The minimum Gasteiger partial charge on any atom is -0.346 e. The molecule has 3 aliphatic rings. The standard InChI is InChI=1S/C29H31N3O/c1-18-5-4-6-19(2)27(18)21-13-23-24(17-31-28(23)30-16-21)20-7-8-22-25(14-20)29(15-26(22)33)9-11-32(3)12-10-29/h5,7-8,13-14,16-17H,4,6,9-12,15H2,1-3H3,(H,30,31). The van der Waals surface area contributed by atoms with Gasteiger partial charge >= 0.3 is 0 Å². The fraction of sp³-hybridized carbons (Fsp3) is 0.379. The third-order valence-electron chi connectivity index (χ3n) is 8.26. The molecule has 2 aliphatic carbocycles. The Morgan fingerprint density at radius 3 is 2.67 bits per heavy atom. The van der Waals surface area contributed by atoms with Gasteiger partial charge in [0.15, 0.2) is 5.78 Å². The van der Waals surface area contributed by atoms with E-state index < -0.39 is 0 Å². The molecule has 0 bridgehead atoms. The van der Waals surface area contributed by atoms with Gasteiger partial charge in [-0.05, 0) is 94.1 Å². The molecule has 1 saturated heterocycles. The number of aromatic amines is 1. The summed E-state index contributed by atoms with van der Waals surface area (Å²) in [6, 6.07) is 8.78. The van der Waals surface area contributed by atoms with Crippen molar-refractivity contribution in [2.45, 2.75) is 51.4 Å². The normalized spacial score (nSPS) is 20.6. The molecule has 2 aromatic heterocycles. The predicted octanol–water partition coefficient (Wildman–Crippen LogP) is 6.29. The molecule has 0 radical (unpaired) electrons. The second kappa shape index (κ2) is 7.53. The van der Waals surface area contributed by atoms with E-state index >= 15 is 0 Å². The van der Waals surface area contributed by atoms with Crippen LogP contribution in [0, 0.1) is 0 Å². The summed E-state index contributed by atoms with van der Waals surface area (Å²) in [5, 5.41) is 1.15. The Bertz CT molecular complexity index is 1350. The number of hydrogen-bond acceptors (Lipinski definition) is 3. The van der Waals surface area contributed by atoms with Crippen molar-refractivity contribution in [2.75, 3.05) is 20.1 Å². The lowest BCUT2D eigenvalue weighted by molar-refractivity contribution is 0.0945. The van der Waals surface area contributed by atoms with Crippen LogP contribution >= 0.6 is 0 Å². The number of benzene rings is 1. The SMILES string of the molecule is CC1=CCCC(C)=C1c1cnc2[nH]cc(-c3ccc4c(c3)C3(CCN(C)CC3)CC4=O)c2c1. The fourth-order valence-electron chi connectivity index (χ4n) is 6.31. The van der Waals surface area contributed by atoms with Gasteiger partial charge in [0.05, 0.1) is 0 Å². The van der Waals surface area contributed by atoms with Crippen molar-refractivity contribution in [3.63, 3.8) is 0 Å². The van der Waals surface area contributed by atoms with Gasteiger partial charge in [-0.25, -0.2) is 4.98 Å². The molecule has 4 nitrogen and oxygen atoms in total. The number of rotatable bonds is 2. The summed E-state index contributed by atoms with van der Waals surface area (Å²) < 4.78 is 0. The molecule has 1 fully saturated rings. The maximum absolute atomic E-state index is 12.9. The molecule has 1 aliphatic heterocycles. The van der Waals surface area contributed by atoms with Gasteiger partial charge < -0.3 is 9.88 Å². The first-order valence-corrected chi connectivity index (χ1v) is 12.2. The third-order valence-corrected chi connectivity index (χ3v) is 8.26. The zero-order chi connectivity index (χ0) is 22.7. The Morgan fingerprint density at radius 1 is 1.06 bits per heavy atom. The molecule has 3 aromatic rings. The van der Waals surface area contributed by atoms with E-state index in [2.05, 4.69) is 67.3 Å². The van der Waals surface area contributed by atoms with Gasteiger partial charge in [-0.3, -0.25) is 4.79 Å². The smallest absolute Gasteiger partial charge is 0.164 e. The molecule has 1 N–H and O–H groups in total. The number of nitrogens with zero attached hydrogens (tertiary/aromatic N) is 2. The zero-order valence-corrected chi connectivity index (χ0v) is 19.8. The van der Waals surface area contributed by atoms with E-state index in [0.29, 0.717) is 12.2 Å². The highest BCUT2D eigenvalue weighted by Gasteiger charge is 2.44. The summed E-state index contributed by atoms with van der Waals surface area (Å²) in [4.78, 5) is 23.4. The summed E-state index contributed by atoms with van der Waals surface area (Å²) in [5.41, 5.74) is 10.8. The highest BCUT2D eigenvalue weighted by Crippen LogP contribution is 2.47. The maximum atomic E-state index is 12.9. The molecule has 6 rings (SSSR count). The van der Waals surface area contributed by atoms with Crippen LogP contribution in [0.4, 0.5) is 0 Å². The van der Waals surface area contributed by atoms with Crippen LogP contribution in [0.1, 0.15) is 67.4 Å². The van der Waals surface area contributed by atoms with Crippen molar-refractivity contribution in [1.82, 2.24) is 14.9 Å². The molecule has 168 valence electrons. The minimum absolute atomic E-state index is 0.0103. The lowest BCUT2D eigenvalue weighted by Crippen LogP contribution is -2.39. The number of nitrogens with one attached hydrogen (secondary N) is 1. The number of hydrogen-bond donors (Lipinski definition) is 1. The van der Waals surface area contributed by atoms with Crippen molar-refractivity contribution in [3.8, 4) is 11.1 Å². The largest absolute Gasteiger partial charge is 0.346 e. The van der Waals surface area contributed by atoms with Crippen LogP contribution in [-0.4, -0.2) is 40.8 Å². The highest BCUT2D eigenvalue weighted by atomic mass is 16.1. The van der Waals surface area contributed by atoms with E-state index in [1.807, 2.05) is 6.20 Å². The van der Waals surface area contributed by atoms with Crippen molar-refractivity contribution < 1.29 is 4.79 Å². The second-order valence-corrected chi connectivity index (χ2v) is 10.3. The summed E-state index contributed by atoms with van der Waals surface area (Å²) in [5.74, 6) is 0.311. The molecule has 4 heteroatoms. The van der Waals surface area contributed by atoms with E-state index in [-0.39, 0.29) is 5.41 Å². The van der Waals surface area contributed by atoms with Gasteiger partial charge in [0.2, 0.25) is 0 Å². The molecule has 0 amide bonds. The predicted molar refractivity (Wildman–Crippen MR) is 134 cm³/mol. The lowest BCUT2D eigenvalue weighted by Gasteiger charge is -2.38. The molecule has 33 heavy (non-hydrogen) atoms. The average Bonchev–Trinajstić information content (AvgIpc) is 3.34. The van der Waals surface area contributed by atoms with Crippen molar-refractivity contribution in [3.05, 3.63) is 70.6 Å². The third kappa shape index (κ3) is 3.23. The monoisotopic (exact) mass is 437 g/mol. The number of Topliss-reactive ketones (excluding diaryl/α,β-unsaturated/α-hetero) is 1. The second-order valence-electron chi connectivity index (χ2n) is 10.3. The Kier molecular flexibility index (Phi) is 4.70. The first-order valence-electron chi connectivity index (χ1n) is 12.2. The zero-order valence-electron chi connectivity index (χ0n) is 19.8. The first-order chi connectivity index (χ1) is 15.9. The van der Waals surface area contributed by atoms with E-state index in [4.69, 9.17) is 4.98 Å². The van der Waals surface area contributed by atoms with Crippen LogP contribution in [0.2, 0.25) is 0 Å². The number of carbonyl (C=O) groups excluding carboxylic acids is 1. The summed E-state index contributed by atoms with van der Waals surface area (Å²) in [6.07, 6.45) is 11.4.